The number of halogens is 2. The second-order valence-corrected chi connectivity index (χ2v) is 3.21. The normalized spacial score (nSPS) is 11.2. The fraction of sp³-hybridized carbons (Fsp3) is 0.250. The zero-order chi connectivity index (χ0) is 9.03. The number of hydrogen-bond acceptors (Lipinski definition) is 1. The molecule has 1 aromatic carbocycles. The molecule has 0 heterocycles. The summed E-state index contributed by atoms with van der Waals surface area (Å²) in [6.07, 6.45) is 0. The van der Waals surface area contributed by atoms with Crippen molar-refractivity contribution in [1.82, 2.24) is 0 Å². The van der Waals surface area contributed by atoms with Gasteiger partial charge in [0.25, 0.3) is 5.66 Å². The highest BCUT2D eigenvalue weighted by atomic mass is 31.0. The lowest BCUT2D eigenvalue weighted by atomic mass is 10.3. The van der Waals surface area contributed by atoms with Crippen LogP contribution in [0.2, 0.25) is 0 Å². The Morgan fingerprint density at radius 2 is 1.83 bits per heavy atom. The number of para-hydroxylation sites is 1. The number of alkyl halides is 2. The molecule has 0 N–H and O–H groups in total. The lowest BCUT2D eigenvalue weighted by Crippen LogP contribution is -2.17. The van der Waals surface area contributed by atoms with Crippen molar-refractivity contribution in [2.24, 2.45) is 0 Å². The Morgan fingerprint density at radius 3 is 2.33 bits per heavy atom. The molecule has 0 aliphatic rings. The van der Waals surface area contributed by atoms with E-state index >= 15 is 0 Å². The maximum absolute atomic E-state index is 12.2. The van der Waals surface area contributed by atoms with Gasteiger partial charge in [-0.1, -0.05) is 27.4 Å². The third kappa shape index (κ3) is 3.63. The molecule has 4 heteroatoms. The summed E-state index contributed by atoms with van der Waals surface area (Å²) >= 11 is 0. The van der Waals surface area contributed by atoms with E-state index in [1.54, 1.807) is 30.3 Å². The summed E-state index contributed by atoms with van der Waals surface area (Å²) in [7, 11) is 1.43. The van der Waals surface area contributed by atoms with Crippen LogP contribution in [0, 0.1) is 0 Å². The lowest BCUT2D eigenvalue weighted by molar-refractivity contribution is 0.0462. The molecule has 1 atom stereocenters. The largest absolute Gasteiger partial charge is 0.487 e. The van der Waals surface area contributed by atoms with Gasteiger partial charge in [-0.05, 0) is 12.1 Å². The van der Waals surface area contributed by atoms with E-state index in [0.29, 0.717) is 5.75 Å². The first-order valence-corrected chi connectivity index (χ1v) is 4.00. The van der Waals surface area contributed by atoms with E-state index in [4.69, 9.17) is 4.74 Å². The van der Waals surface area contributed by atoms with Crippen molar-refractivity contribution in [2.75, 3.05) is 6.61 Å². The fourth-order valence-corrected chi connectivity index (χ4v) is 0.780. The van der Waals surface area contributed by atoms with E-state index in [2.05, 4.69) is 0 Å². The van der Waals surface area contributed by atoms with Gasteiger partial charge in [-0.2, -0.15) is 8.78 Å². The molecule has 0 aliphatic carbocycles. The van der Waals surface area contributed by atoms with E-state index in [1.165, 1.54) is 9.24 Å². The fourth-order valence-electron chi connectivity index (χ4n) is 0.696. The molecular weight excluding hydrogens is 181 g/mol. The first kappa shape index (κ1) is 9.40. The summed E-state index contributed by atoms with van der Waals surface area (Å²) in [6.45, 7) is -0.609. The van der Waals surface area contributed by atoms with Crippen LogP contribution in [0.1, 0.15) is 0 Å². The molecule has 12 heavy (non-hydrogen) atoms. The molecule has 0 amide bonds. The summed E-state index contributed by atoms with van der Waals surface area (Å²) in [5, 5.41) is 0. The topological polar surface area (TPSA) is 9.23 Å². The van der Waals surface area contributed by atoms with E-state index in [-0.39, 0.29) is 0 Å². The quantitative estimate of drug-likeness (QED) is 0.665. The maximum Gasteiger partial charge on any atom is 0.291 e. The Bertz CT molecular complexity index is 233. The molecule has 1 nitrogen and oxygen atoms in total. The predicted octanol–water partition coefficient (Wildman–Crippen LogP) is 2.53. The molecule has 0 radical (unpaired) electrons. The highest BCUT2D eigenvalue weighted by Gasteiger charge is 2.21. The van der Waals surface area contributed by atoms with Crippen LogP contribution in [-0.2, 0) is 0 Å². The summed E-state index contributed by atoms with van der Waals surface area (Å²) in [5.41, 5.74) is -2.85. The number of benzene rings is 1. The predicted molar refractivity (Wildman–Crippen MR) is 46.6 cm³/mol. The van der Waals surface area contributed by atoms with Crippen molar-refractivity contribution < 1.29 is 13.5 Å². The van der Waals surface area contributed by atoms with Crippen LogP contribution < -0.4 is 4.74 Å². The number of hydrogen-bond donors (Lipinski definition) is 0. The first-order valence-electron chi connectivity index (χ1n) is 3.42. The van der Waals surface area contributed by atoms with Crippen LogP contribution in [-0.4, -0.2) is 12.3 Å². The van der Waals surface area contributed by atoms with Gasteiger partial charge >= 0.3 is 0 Å². The number of rotatable bonds is 3. The lowest BCUT2D eigenvalue weighted by Gasteiger charge is -2.11. The molecule has 0 spiro atoms. The minimum absolute atomic E-state index is 0.458. The van der Waals surface area contributed by atoms with Crippen LogP contribution >= 0.6 is 9.24 Å². The second kappa shape index (κ2) is 3.81. The van der Waals surface area contributed by atoms with Crippen molar-refractivity contribution in [2.45, 2.75) is 5.66 Å². The van der Waals surface area contributed by atoms with Gasteiger partial charge in [0.2, 0.25) is 0 Å². The monoisotopic (exact) mass is 190 g/mol. The Kier molecular flexibility index (Phi) is 2.99. The summed E-state index contributed by atoms with van der Waals surface area (Å²) in [6, 6.07) is 8.53. The average Bonchev–Trinajstić information content (AvgIpc) is 2.02. The maximum atomic E-state index is 12.2. The Morgan fingerprint density at radius 1 is 1.25 bits per heavy atom. The summed E-state index contributed by atoms with van der Waals surface area (Å²) in [5.74, 6) is 0.458. The van der Waals surface area contributed by atoms with Gasteiger partial charge in [0, 0.05) is 0 Å². The van der Waals surface area contributed by atoms with Crippen LogP contribution in [0.3, 0.4) is 0 Å². The molecule has 0 aliphatic heterocycles. The summed E-state index contributed by atoms with van der Waals surface area (Å²) in [4.78, 5) is 0. The smallest absolute Gasteiger partial charge is 0.291 e. The standard InChI is InChI=1S/C8H9F2OP/c9-8(10,12)6-11-7-4-2-1-3-5-7/h1-5H,6,12H2. The first-order chi connectivity index (χ1) is 5.58. The van der Waals surface area contributed by atoms with Crippen molar-refractivity contribution >= 4 is 9.24 Å². The molecular formula is C8H9F2OP. The van der Waals surface area contributed by atoms with E-state index in [1.807, 2.05) is 0 Å². The second-order valence-electron chi connectivity index (χ2n) is 2.36. The zero-order valence-corrected chi connectivity index (χ0v) is 7.49. The average molecular weight is 190 g/mol. The van der Waals surface area contributed by atoms with E-state index in [0.717, 1.165) is 0 Å². The molecule has 0 saturated carbocycles. The minimum atomic E-state index is -2.85. The highest BCUT2D eigenvalue weighted by Crippen LogP contribution is 2.23. The third-order valence-electron chi connectivity index (χ3n) is 1.17. The van der Waals surface area contributed by atoms with Gasteiger partial charge in [0.15, 0.2) is 6.61 Å². The highest BCUT2D eigenvalue weighted by molar-refractivity contribution is 7.18. The van der Waals surface area contributed by atoms with E-state index < -0.39 is 12.3 Å². The zero-order valence-electron chi connectivity index (χ0n) is 6.34. The van der Waals surface area contributed by atoms with Crippen LogP contribution in [0.4, 0.5) is 8.78 Å². The van der Waals surface area contributed by atoms with Gasteiger partial charge in [0.1, 0.15) is 5.75 Å². The van der Waals surface area contributed by atoms with Crippen molar-refractivity contribution in [1.29, 1.82) is 0 Å². The summed E-state index contributed by atoms with van der Waals surface area (Å²) < 4.78 is 29.3. The molecule has 0 saturated heterocycles. The van der Waals surface area contributed by atoms with Crippen molar-refractivity contribution in [3.8, 4) is 5.75 Å². The molecule has 0 bridgehead atoms. The Labute approximate surface area is 71.9 Å². The van der Waals surface area contributed by atoms with Gasteiger partial charge in [0.05, 0.1) is 0 Å². The van der Waals surface area contributed by atoms with E-state index in [9.17, 15) is 8.78 Å². The molecule has 1 rings (SSSR count). The molecule has 1 aromatic rings. The molecule has 0 aromatic heterocycles. The Hall–Kier alpha value is -0.690. The van der Waals surface area contributed by atoms with Crippen LogP contribution in [0.5, 0.6) is 5.75 Å². The van der Waals surface area contributed by atoms with Gasteiger partial charge < -0.3 is 4.74 Å². The number of ether oxygens (including phenoxy) is 1. The third-order valence-corrected chi connectivity index (χ3v) is 1.34. The molecule has 66 valence electrons. The molecule has 0 fully saturated rings. The SMILES string of the molecule is FC(F)(P)COc1ccccc1. The van der Waals surface area contributed by atoms with Crippen molar-refractivity contribution in [3.63, 3.8) is 0 Å². The van der Waals surface area contributed by atoms with Crippen molar-refractivity contribution in [3.05, 3.63) is 30.3 Å². The van der Waals surface area contributed by atoms with Gasteiger partial charge in [-0.25, -0.2) is 0 Å². The van der Waals surface area contributed by atoms with Crippen LogP contribution in [0.25, 0.3) is 0 Å². The van der Waals surface area contributed by atoms with Gasteiger partial charge in [-0.3, -0.25) is 0 Å². The van der Waals surface area contributed by atoms with Gasteiger partial charge in [-0.15, -0.1) is 0 Å². The molecule has 1 unspecified atom stereocenters. The minimum Gasteiger partial charge on any atom is -0.487 e. The van der Waals surface area contributed by atoms with Crippen LogP contribution in [0.15, 0.2) is 30.3 Å². The Balaban J connectivity index is 2.44.